The first-order valence-corrected chi connectivity index (χ1v) is 12.6. The number of nitrogens with one attached hydrogen (secondary N) is 2. The van der Waals surface area contributed by atoms with E-state index in [1.54, 1.807) is 12.1 Å². The minimum Gasteiger partial charge on any atom is -0.481 e. The number of terminal acetylenes is 1. The number of aliphatic imine (C=N–C) groups is 1. The molecule has 0 fully saturated rings. The van der Waals surface area contributed by atoms with Crippen molar-refractivity contribution in [1.82, 2.24) is 0 Å². The van der Waals surface area contributed by atoms with Crippen LogP contribution in [0, 0.1) is 12.3 Å². The Labute approximate surface area is 210 Å². The summed E-state index contributed by atoms with van der Waals surface area (Å²) in [6, 6.07) is 18.3. The zero-order chi connectivity index (χ0) is 25.9. The molecule has 4 rings (SSSR count). The molecule has 0 aromatic heterocycles. The highest BCUT2D eigenvalue weighted by molar-refractivity contribution is 7.85. The SMILES string of the molecule is C#CCOc1ccc2c(c1)C(c1ccc(C(C)C)cc1)N=C(C(=O)Nc1cccc(S(=O)(=O)O)c1)N2. The van der Waals surface area contributed by atoms with Crippen molar-refractivity contribution in [2.75, 3.05) is 17.2 Å². The highest BCUT2D eigenvalue weighted by Gasteiger charge is 2.27. The predicted octanol–water partition coefficient (Wildman–Crippen LogP) is 4.62. The van der Waals surface area contributed by atoms with Crippen molar-refractivity contribution in [2.45, 2.75) is 30.7 Å². The van der Waals surface area contributed by atoms with Crippen LogP contribution in [-0.4, -0.2) is 31.3 Å². The number of amides is 1. The van der Waals surface area contributed by atoms with Gasteiger partial charge in [0.05, 0.1) is 4.90 Å². The highest BCUT2D eigenvalue weighted by atomic mass is 32.2. The van der Waals surface area contributed by atoms with E-state index in [4.69, 9.17) is 11.2 Å². The molecule has 184 valence electrons. The number of hydrogen-bond acceptors (Lipinski definition) is 6. The average Bonchev–Trinajstić information content (AvgIpc) is 2.86. The maximum atomic E-state index is 13.1. The van der Waals surface area contributed by atoms with E-state index < -0.39 is 22.1 Å². The van der Waals surface area contributed by atoms with Crippen LogP contribution in [0.25, 0.3) is 0 Å². The molecule has 3 aromatic carbocycles. The third-order valence-electron chi connectivity index (χ3n) is 5.67. The molecule has 0 saturated heterocycles. The Balaban J connectivity index is 1.69. The van der Waals surface area contributed by atoms with Crippen molar-refractivity contribution in [1.29, 1.82) is 0 Å². The third-order valence-corrected chi connectivity index (χ3v) is 6.52. The third kappa shape index (κ3) is 5.57. The van der Waals surface area contributed by atoms with E-state index >= 15 is 0 Å². The van der Waals surface area contributed by atoms with E-state index in [1.165, 1.54) is 29.8 Å². The molecule has 36 heavy (non-hydrogen) atoms. The first-order chi connectivity index (χ1) is 17.2. The second-order valence-corrected chi connectivity index (χ2v) is 9.95. The Kier molecular flexibility index (Phi) is 7.10. The molecule has 3 N–H and O–H groups in total. The van der Waals surface area contributed by atoms with Gasteiger partial charge in [-0.2, -0.15) is 8.42 Å². The molecule has 0 radical (unpaired) electrons. The minimum atomic E-state index is -4.41. The Morgan fingerprint density at radius 1 is 1.17 bits per heavy atom. The maximum absolute atomic E-state index is 13.1. The molecule has 9 heteroatoms. The van der Waals surface area contributed by atoms with Crippen LogP contribution in [0.15, 0.2) is 76.6 Å². The number of carbonyl (C=O) groups is 1. The zero-order valence-electron chi connectivity index (χ0n) is 19.7. The van der Waals surface area contributed by atoms with E-state index in [9.17, 15) is 17.8 Å². The number of rotatable bonds is 7. The standard InChI is InChI=1S/C27H25N3O5S/c1-4-14-35-21-12-13-24-23(16-21)25(19-10-8-18(9-11-19)17(2)3)30-26(29-24)27(31)28-20-6-5-7-22(15-20)36(32,33)34/h1,5-13,15-17,25H,14H2,2-3H3,(H,28,31)(H,29,30)(H,32,33,34). The van der Waals surface area contributed by atoms with E-state index in [0.29, 0.717) is 17.4 Å². The predicted molar refractivity (Wildman–Crippen MR) is 139 cm³/mol. The van der Waals surface area contributed by atoms with Crippen molar-refractivity contribution in [3.8, 4) is 18.1 Å². The van der Waals surface area contributed by atoms with Crippen LogP contribution < -0.4 is 15.4 Å². The number of benzene rings is 3. The first kappa shape index (κ1) is 25.0. The van der Waals surface area contributed by atoms with Gasteiger partial charge in [-0.05, 0) is 53.4 Å². The van der Waals surface area contributed by atoms with Crippen molar-refractivity contribution in [2.24, 2.45) is 4.99 Å². The Hall–Kier alpha value is -4.13. The van der Waals surface area contributed by atoms with E-state index in [1.807, 2.05) is 30.3 Å². The second-order valence-electron chi connectivity index (χ2n) is 8.53. The van der Waals surface area contributed by atoms with Crippen LogP contribution in [0.1, 0.15) is 42.5 Å². The molecule has 0 aliphatic carbocycles. The molecule has 1 amide bonds. The van der Waals surface area contributed by atoms with Crippen molar-refractivity contribution in [3.05, 3.63) is 83.4 Å². The maximum Gasteiger partial charge on any atom is 0.294 e. The fraction of sp³-hybridized carbons (Fsp3) is 0.185. The largest absolute Gasteiger partial charge is 0.481 e. The summed E-state index contributed by atoms with van der Waals surface area (Å²) >= 11 is 0. The molecule has 1 aliphatic rings. The van der Waals surface area contributed by atoms with Crippen molar-refractivity contribution in [3.63, 3.8) is 0 Å². The van der Waals surface area contributed by atoms with Crippen LogP contribution in [0.4, 0.5) is 11.4 Å². The van der Waals surface area contributed by atoms with Crippen LogP contribution >= 0.6 is 0 Å². The van der Waals surface area contributed by atoms with Crippen molar-refractivity contribution < 1.29 is 22.5 Å². The molecule has 0 spiro atoms. The van der Waals surface area contributed by atoms with Gasteiger partial charge in [0, 0.05) is 16.9 Å². The highest BCUT2D eigenvalue weighted by Crippen LogP contribution is 2.38. The van der Waals surface area contributed by atoms with Crippen LogP contribution in [0.3, 0.4) is 0 Å². The topological polar surface area (TPSA) is 117 Å². The molecule has 1 aliphatic heterocycles. The molecule has 8 nitrogen and oxygen atoms in total. The number of nitrogens with zero attached hydrogens (tertiary/aromatic N) is 1. The normalized spacial score (nSPS) is 14.8. The van der Waals surface area contributed by atoms with Crippen LogP contribution in [-0.2, 0) is 14.9 Å². The summed E-state index contributed by atoms with van der Waals surface area (Å²) in [7, 11) is -4.41. The smallest absolute Gasteiger partial charge is 0.294 e. The fourth-order valence-electron chi connectivity index (χ4n) is 3.81. The van der Waals surface area contributed by atoms with Gasteiger partial charge in [0.2, 0.25) is 0 Å². The lowest BCUT2D eigenvalue weighted by molar-refractivity contribution is -0.110. The summed E-state index contributed by atoms with van der Waals surface area (Å²) in [5, 5.41) is 5.68. The monoisotopic (exact) mass is 503 g/mol. The molecule has 0 saturated carbocycles. The van der Waals surface area contributed by atoms with Gasteiger partial charge < -0.3 is 15.4 Å². The Bertz CT molecular complexity index is 1470. The molecule has 0 bridgehead atoms. The summed E-state index contributed by atoms with van der Waals surface area (Å²) in [5.74, 6) is 2.88. The number of carbonyl (C=O) groups excluding carboxylic acids is 1. The number of hydrogen-bond donors (Lipinski definition) is 3. The van der Waals surface area contributed by atoms with Crippen molar-refractivity contribution >= 4 is 33.2 Å². The van der Waals surface area contributed by atoms with Gasteiger partial charge in [-0.15, -0.1) is 6.42 Å². The zero-order valence-corrected chi connectivity index (χ0v) is 20.5. The summed E-state index contributed by atoms with van der Waals surface area (Å²) in [4.78, 5) is 17.5. The van der Waals surface area contributed by atoms with Gasteiger partial charge in [0.25, 0.3) is 16.0 Å². The van der Waals surface area contributed by atoms with Gasteiger partial charge in [-0.25, -0.2) is 0 Å². The number of fused-ring (bicyclic) bond motifs is 1. The summed E-state index contributed by atoms with van der Waals surface area (Å²) in [5.41, 5.74) is 3.75. The number of ether oxygens (including phenoxy) is 1. The van der Waals surface area contributed by atoms with Gasteiger partial charge >= 0.3 is 0 Å². The van der Waals surface area contributed by atoms with Crippen LogP contribution in [0.2, 0.25) is 0 Å². The van der Waals surface area contributed by atoms with Gasteiger partial charge in [0.1, 0.15) is 18.4 Å². The summed E-state index contributed by atoms with van der Waals surface area (Å²) in [6.07, 6.45) is 5.32. The minimum absolute atomic E-state index is 0.0509. The first-order valence-electron chi connectivity index (χ1n) is 11.2. The van der Waals surface area contributed by atoms with E-state index in [2.05, 4.69) is 35.4 Å². The molecule has 1 unspecified atom stereocenters. The summed E-state index contributed by atoms with van der Waals surface area (Å²) in [6.45, 7) is 4.35. The number of anilines is 2. The van der Waals surface area contributed by atoms with E-state index in [-0.39, 0.29) is 23.0 Å². The van der Waals surface area contributed by atoms with E-state index in [0.717, 1.165) is 11.1 Å². The molecule has 3 aromatic rings. The lowest BCUT2D eigenvalue weighted by Gasteiger charge is -2.26. The molecular weight excluding hydrogens is 478 g/mol. The quantitative estimate of drug-likeness (QED) is 0.320. The van der Waals surface area contributed by atoms with Gasteiger partial charge in [-0.3, -0.25) is 14.3 Å². The lowest BCUT2D eigenvalue weighted by Crippen LogP contribution is -2.33. The molecule has 1 atom stereocenters. The molecular formula is C27H25N3O5S. The Morgan fingerprint density at radius 3 is 2.58 bits per heavy atom. The molecule has 1 heterocycles. The lowest BCUT2D eigenvalue weighted by atomic mass is 9.93. The van der Waals surface area contributed by atoms with Gasteiger partial charge in [0.15, 0.2) is 5.84 Å². The van der Waals surface area contributed by atoms with Crippen LogP contribution in [0.5, 0.6) is 5.75 Å². The fourth-order valence-corrected chi connectivity index (χ4v) is 4.34. The number of amidine groups is 1. The Morgan fingerprint density at radius 2 is 1.92 bits per heavy atom. The average molecular weight is 504 g/mol. The van der Waals surface area contributed by atoms with Gasteiger partial charge in [-0.1, -0.05) is 50.1 Å². The second kappa shape index (κ2) is 10.2. The summed E-state index contributed by atoms with van der Waals surface area (Å²) < 4.78 is 37.8.